The molecule has 0 aromatic heterocycles. The maximum Gasteiger partial charge on any atom is 0.0467 e. The highest BCUT2D eigenvalue weighted by atomic mass is 15.2. The van der Waals surface area contributed by atoms with E-state index in [1.54, 1.807) is 0 Å². The van der Waals surface area contributed by atoms with Crippen LogP contribution in [0.25, 0.3) is 16.8 Å². The van der Waals surface area contributed by atoms with Crippen LogP contribution < -0.4 is 4.90 Å². The molecule has 1 unspecified atom stereocenters. The first-order valence-corrected chi connectivity index (χ1v) is 11.5. The second-order valence-corrected chi connectivity index (χ2v) is 8.47. The van der Waals surface area contributed by atoms with Gasteiger partial charge >= 0.3 is 0 Å². The summed E-state index contributed by atoms with van der Waals surface area (Å²) in [7, 11) is 0. The third kappa shape index (κ3) is 4.99. The van der Waals surface area contributed by atoms with E-state index < -0.39 is 0 Å². The molecule has 0 radical (unpaired) electrons. The van der Waals surface area contributed by atoms with Gasteiger partial charge in [0.1, 0.15) is 0 Å². The van der Waals surface area contributed by atoms with Crippen LogP contribution in [0.1, 0.15) is 24.5 Å². The second kappa shape index (κ2) is 10.2. The number of hydrogen-bond acceptors (Lipinski definition) is 1. The monoisotopic (exact) mass is 429 g/mol. The van der Waals surface area contributed by atoms with Gasteiger partial charge in [0.25, 0.3) is 0 Å². The summed E-state index contributed by atoms with van der Waals surface area (Å²) in [4.78, 5) is 2.27. The van der Waals surface area contributed by atoms with Crippen molar-refractivity contribution in [2.75, 3.05) is 4.90 Å². The minimum Gasteiger partial charge on any atom is -0.311 e. The average molecular weight is 430 g/mol. The maximum absolute atomic E-state index is 4.07. The third-order valence-electron chi connectivity index (χ3n) is 6.24. The fourth-order valence-electron chi connectivity index (χ4n) is 4.33. The fraction of sp³-hybridized carbons (Fsp3) is 0.125. The van der Waals surface area contributed by atoms with Crippen molar-refractivity contribution in [3.05, 3.63) is 144 Å². The highest BCUT2D eigenvalue weighted by molar-refractivity contribution is 5.87. The highest BCUT2D eigenvalue weighted by Gasteiger charge is 2.19. The van der Waals surface area contributed by atoms with Crippen LogP contribution in [0.5, 0.6) is 0 Å². The van der Waals surface area contributed by atoms with E-state index in [4.69, 9.17) is 0 Å². The molecule has 164 valence electrons. The number of nitrogens with zero attached hydrogens (tertiary/aromatic N) is 1. The van der Waals surface area contributed by atoms with Crippen LogP contribution in [0.4, 0.5) is 5.69 Å². The number of allylic oxidation sites excluding steroid dienone is 7. The topological polar surface area (TPSA) is 3.24 Å². The molecule has 3 aromatic carbocycles. The molecule has 4 rings (SSSR count). The number of anilines is 1. The third-order valence-corrected chi connectivity index (χ3v) is 6.24. The smallest absolute Gasteiger partial charge is 0.0467 e. The molecule has 0 aliphatic heterocycles. The van der Waals surface area contributed by atoms with Crippen LogP contribution >= 0.6 is 0 Å². The normalized spacial score (nSPS) is 16.4. The predicted octanol–water partition coefficient (Wildman–Crippen LogP) is 8.77. The molecule has 0 bridgehead atoms. The number of fused-ring (bicyclic) bond motifs is 1. The van der Waals surface area contributed by atoms with Crippen LogP contribution in [0.15, 0.2) is 133 Å². The van der Waals surface area contributed by atoms with Gasteiger partial charge in [-0.3, -0.25) is 0 Å². The summed E-state index contributed by atoms with van der Waals surface area (Å²) < 4.78 is 0. The summed E-state index contributed by atoms with van der Waals surface area (Å²) >= 11 is 0. The van der Waals surface area contributed by atoms with Crippen molar-refractivity contribution in [1.82, 2.24) is 0 Å². The molecule has 1 aliphatic carbocycles. The second-order valence-electron chi connectivity index (χ2n) is 8.47. The van der Waals surface area contributed by atoms with E-state index >= 15 is 0 Å². The Hall–Kier alpha value is -3.84. The lowest BCUT2D eigenvalue weighted by Crippen LogP contribution is -2.22. The lowest BCUT2D eigenvalue weighted by molar-refractivity contribution is 0.755. The van der Waals surface area contributed by atoms with E-state index in [9.17, 15) is 0 Å². The molecule has 0 fully saturated rings. The summed E-state index contributed by atoms with van der Waals surface area (Å²) in [6, 6.07) is 23.6. The minimum absolute atomic E-state index is 0.391. The Morgan fingerprint density at radius 1 is 0.939 bits per heavy atom. The van der Waals surface area contributed by atoms with E-state index in [0.717, 1.165) is 23.5 Å². The van der Waals surface area contributed by atoms with Gasteiger partial charge in [0, 0.05) is 23.0 Å². The summed E-state index contributed by atoms with van der Waals surface area (Å²) in [5.74, 6) is 0.391. The van der Waals surface area contributed by atoms with Crippen LogP contribution in [0.3, 0.4) is 0 Å². The van der Waals surface area contributed by atoms with Gasteiger partial charge in [-0.05, 0) is 72.5 Å². The molecule has 0 heterocycles. The molecule has 0 spiro atoms. The molecule has 3 aromatic rings. The SMILES string of the molecule is C=C/C=C(\C=C)N(C1=CCC(/C=C/c2ccccc2C)C(C)=C1)c1ccc2ccccc2c1. The van der Waals surface area contributed by atoms with Crippen molar-refractivity contribution < 1.29 is 0 Å². The number of rotatable bonds is 7. The highest BCUT2D eigenvalue weighted by Crippen LogP contribution is 2.34. The Balaban J connectivity index is 1.68. The van der Waals surface area contributed by atoms with Gasteiger partial charge in [0.05, 0.1) is 0 Å². The summed E-state index contributed by atoms with van der Waals surface area (Å²) in [5, 5.41) is 2.46. The quantitative estimate of drug-likeness (QED) is 0.339. The maximum atomic E-state index is 4.07. The van der Waals surface area contributed by atoms with E-state index in [-0.39, 0.29) is 0 Å². The van der Waals surface area contributed by atoms with Crippen molar-refractivity contribution in [3.8, 4) is 0 Å². The molecular formula is C32H31N. The Morgan fingerprint density at radius 3 is 2.42 bits per heavy atom. The predicted molar refractivity (Wildman–Crippen MR) is 145 cm³/mol. The summed E-state index contributed by atoms with van der Waals surface area (Å²) in [6.07, 6.45) is 15.9. The summed E-state index contributed by atoms with van der Waals surface area (Å²) in [5.41, 5.74) is 7.22. The molecule has 33 heavy (non-hydrogen) atoms. The average Bonchev–Trinajstić information content (AvgIpc) is 2.84. The zero-order chi connectivity index (χ0) is 23.2. The number of aryl methyl sites for hydroxylation is 1. The van der Waals surface area contributed by atoms with E-state index in [2.05, 4.69) is 123 Å². The molecule has 0 saturated carbocycles. The van der Waals surface area contributed by atoms with Gasteiger partial charge in [-0.25, -0.2) is 0 Å². The number of hydrogen-bond donors (Lipinski definition) is 0. The molecule has 0 saturated heterocycles. The van der Waals surface area contributed by atoms with E-state index in [1.165, 1.54) is 27.5 Å². The fourth-order valence-corrected chi connectivity index (χ4v) is 4.33. The van der Waals surface area contributed by atoms with Gasteiger partial charge in [0.15, 0.2) is 0 Å². The molecule has 1 nitrogen and oxygen atoms in total. The first kappa shape index (κ1) is 22.4. The largest absolute Gasteiger partial charge is 0.311 e. The Labute approximate surface area is 198 Å². The summed E-state index contributed by atoms with van der Waals surface area (Å²) in [6.45, 7) is 12.4. The first-order chi connectivity index (χ1) is 16.1. The van der Waals surface area contributed by atoms with Crippen molar-refractivity contribution in [2.24, 2.45) is 5.92 Å². The van der Waals surface area contributed by atoms with Gasteiger partial charge in [-0.2, -0.15) is 0 Å². The minimum atomic E-state index is 0.391. The Kier molecular flexibility index (Phi) is 6.90. The molecular weight excluding hydrogens is 398 g/mol. The van der Waals surface area contributed by atoms with Crippen LogP contribution in [0.2, 0.25) is 0 Å². The van der Waals surface area contributed by atoms with Gasteiger partial charge in [-0.15, -0.1) is 0 Å². The standard InChI is InChI=1S/C32H31N/c1-5-11-30(6-2)33(32-21-19-28-14-9-10-15-29(28)23-32)31-20-18-27(25(4)22-31)17-16-26-13-8-7-12-24(26)3/h5-17,19-23,27H,1-2,18H2,3-4H3/b17-16+,30-11+. The van der Waals surface area contributed by atoms with Gasteiger partial charge in [-0.1, -0.05) is 97.6 Å². The van der Waals surface area contributed by atoms with Gasteiger partial charge < -0.3 is 4.90 Å². The molecule has 0 amide bonds. The molecule has 1 atom stereocenters. The van der Waals surface area contributed by atoms with Gasteiger partial charge in [0.2, 0.25) is 0 Å². The zero-order valence-corrected chi connectivity index (χ0v) is 19.5. The van der Waals surface area contributed by atoms with Crippen LogP contribution in [-0.4, -0.2) is 0 Å². The van der Waals surface area contributed by atoms with Crippen molar-refractivity contribution in [2.45, 2.75) is 20.3 Å². The zero-order valence-electron chi connectivity index (χ0n) is 19.5. The van der Waals surface area contributed by atoms with Crippen LogP contribution in [0, 0.1) is 12.8 Å². The first-order valence-electron chi connectivity index (χ1n) is 11.5. The van der Waals surface area contributed by atoms with Crippen LogP contribution in [-0.2, 0) is 0 Å². The van der Waals surface area contributed by atoms with Crippen molar-refractivity contribution >= 4 is 22.5 Å². The van der Waals surface area contributed by atoms with Crippen molar-refractivity contribution in [1.29, 1.82) is 0 Å². The molecule has 1 aliphatic rings. The number of benzene rings is 3. The lowest BCUT2D eigenvalue weighted by Gasteiger charge is -2.31. The van der Waals surface area contributed by atoms with E-state index in [0.29, 0.717) is 5.92 Å². The lowest BCUT2D eigenvalue weighted by atomic mass is 9.89. The Bertz CT molecular complexity index is 1300. The molecule has 1 heteroatoms. The van der Waals surface area contributed by atoms with E-state index in [1.807, 2.05) is 18.2 Å². The molecule has 0 N–H and O–H groups in total. The Morgan fingerprint density at radius 2 is 1.70 bits per heavy atom. The van der Waals surface area contributed by atoms with Crippen molar-refractivity contribution in [3.63, 3.8) is 0 Å².